The number of carbonyl (C=O) groups is 4. The van der Waals surface area contributed by atoms with Crippen LogP contribution in [0, 0.1) is 0 Å². The topological polar surface area (TPSA) is 673 Å². The largest absolute Gasteiger partial charge is 0.507 e. The maximum absolute atomic E-state index is 14.1. The molecule has 6 aliphatic heterocycles. The molecule has 0 unspecified atom stereocenters. The number of aromatic amines is 2. The molecule has 8 aromatic rings. The van der Waals surface area contributed by atoms with E-state index in [0.29, 0.717) is 29.0 Å². The summed E-state index contributed by atoms with van der Waals surface area (Å²) in [6, 6.07) is 6.78. The second-order valence-electron chi connectivity index (χ2n) is 27.9. The van der Waals surface area contributed by atoms with E-state index in [4.69, 9.17) is 71.9 Å². The molecule has 2 aliphatic carbocycles. The highest BCUT2D eigenvalue weighted by atomic mass is 35.5. The van der Waals surface area contributed by atoms with E-state index in [0.717, 1.165) is 4.57 Å². The molecule has 45 heteroatoms. The quantitative estimate of drug-likeness (QED) is 0.0390. The van der Waals surface area contributed by atoms with Crippen LogP contribution in [0.2, 0.25) is 5.28 Å². The third-order valence-corrected chi connectivity index (χ3v) is 20.8. The number of aliphatic hydroxyl groups is 13. The van der Waals surface area contributed by atoms with E-state index in [9.17, 15) is 89.3 Å². The lowest BCUT2D eigenvalue weighted by atomic mass is 9.72. The number of fused-ring (bicyclic) bond motifs is 6. The second-order valence-corrected chi connectivity index (χ2v) is 28.3. The monoisotopic (exact) mass is 1630 g/mol. The number of nitrogens with two attached hydrogens (primary N) is 2. The number of ketones is 3. The van der Waals surface area contributed by atoms with Gasteiger partial charge in [-0.2, -0.15) is 15.0 Å². The Balaban J connectivity index is 0.000000137. The molecule has 23 N–H and O–H groups in total. The summed E-state index contributed by atoms with van der Waals surface area (Å²) < 4.78 is 51.3. The number of nitrogens with zero attached hydrogens (tertiary/aromatic N) is 10. The van der Waals surface area contributed by atoms with E-state index in [1.54, 1.807) is 36.9 Å². The van der Waals surface area contributed by atoms with Crippen LogP contribution in [0.15, 0.2) is 76.3 Å². The number of carbonyl (C=O) groups excluding carboxylic acids is 4. The molecule has 43 nitrogen and oxygen atoms in total. The molecule has 0 saturated carbocycles. The molecule has 5 saturated heterocycles. The first-order chi connectivity index (χ1) is 54.8. The average Bonchev–Trinajstić information content (AvgIpc) is 1.63. The molecule has 6 aromatic heterocycles. The number of anilines is 3. The van der Waals surface area contributed by atoms with Crippen LogP contribution in [0.25, 0.3) is 22.2 Å². The Kier molecular flexibility index (Phi) is 25.8. The number of nitrogen functional groups attached to an aromatic ring is 1. The van der Waals surface area contributed by atoms with Crippen molar-refractivity contribution >= 4 is 80.8 Å². The first-order valence-electron chi connectivity index (χ1n) is 35.9. The number of nitrogens with one attached hydrogen (secondary N) is 4. The number of benzene rings is 2. The Morgan fingerprint density at radius 3 is 2.01 bits per heavy atom. The van der Waals surface area contributed by atoms with Crippen molar-refractivity contribution in [3.05, 3.63) is 132 Å². The third-order valence-electron chi connectivity index (χ3n) is 20.6. The SMILES string of the molecule is CC(=O)[C@]1(O)Cc2c(O)c3c(c(O)c2[C@@H](O[C@H]2C[C@H](N)[C@H](O)[C@H](C)O2)C1)C(=O)c1ccccc1C3=O.CCC(=O)Nc1ccn([C@@H]2O[C@H](CO)[C@@H](O)[C@@H]2O)c(=O)n1.Nc1nc(Cl)nc2c1ncn2[C@@H]1O[C@H](CO)[C@@H](O)[C@@H]1F.O=c1[nH]cnc2c([C@@H]3O[C@H](CO)[C@@H](O)[C@H]3O)c[nH]c12.OC[C@H]1O[C@@H](n2cnc3c2NC=NC[C@H]3O)C[C@@H]1O. The van der Waals surface area contributed by atoms with E-state index in [-0.39, 0.29) is 111 Å². The van der Waals surface area contributed by atoms with Crippen molar-refractivity contribution in [2.75, 3.05) is 49.3 Å². The molecule has 620 valence electrons. The minimum absolute atomic E-state index is 0.00588. The van der Waals surface area contributed by atoms with Gasteiger partial charge in [-0.15, -0.1) is 0 Å². The van der Waals surface area contributed by atoms with E-state index in [1.165, 1.54) is 61.1 Å². The number of aliphatic hydroxyl groups excluding tert-OH is 12. The van der Waals surface area contributed by atoms with Gasteiger partial charge in [0.15, 0.2) is 53.7 Å². The number of aromatic nitrogens is 11. The van der Waals surface area contributed by atoms with Crippen LogP contribution in [-0.2, 0) is 44.4 Å². The number of aliphatic imine (C=N–C) groups is 1. The Hall–Kier alpha value is -9.73. The van der Waals surface area contributed by atoms with Crippen molar-refractivity contribution in [1.29, 1.82) is 0 Å². The number of aromatic hydroxyl groups is 2. The zero-order chi connectivity index (χ0) is 83.1. The minimum Gasteiger partial charge on any atom is -0.507 e. The fraction of sp³-hybridized carbons (Fsp3) is 0.500. The van der Waals surface area contributed by atoms with Gasteiger partial charge in [0, 0.05) is 78.4 Å². The highest BCUT2D eigenvalue weighted by molar-refractivity contribution is 6.30. The van der Waals surface area contributed by atoms with E-state index >= 15 is 0 Å². The van der Waals surface area contributed by atoms with E-state index in [1.807, 2.05) is 0 Å². The number of hydrogen-bond donors (Lipinski definition) is 21. The highest BCUT2D eigenvalue weighted by Gasteiger charge is 2.51. The Morgan fingerprint density at radius 2 is 1.39 bits per heavy atom. The van der Waals surface area contributed by atoms with Crippen LogP contribution in [0.5, 0.6) is 11.5 Å². The maximum atomic E-state index is 14.1. The summed E-state index contributed by atoms with van der Waals surface area (Å²) in [7, 11) is 0. The molecule has 5 fully saturated rings. The number of H-pyrrole nitrogens is 2. The summed E-state index contributed by atoms with van der Waals surface area (Å²) in [6.45, 7) is 3.11. The lowest BCUT2D eigenvalue weighted by molar-refractivity contribution is -0.247. The summed E-state index contributed by atoms with van der Waals surface area (Å²) in [5, 5.41) is 154. The predicted octanol–water partition coefficient (Wildman–Crippen LogP) is -3.71. The predicted molar refractivity (Wildman–Crippen MR) is 390 cm³/mol. The van der Waals surface area contributed by atoms with Gasteiger partial charge in [-0.3, -0.25) is 42.7 Å². The highest BCUT2D eigenvalue weighted by Crippen LogP contribution is 2.52. The molecule has 0 spiro atoms. The molecule has 8 aliphatic rings. The van der Waals surface area contributed by atoms with Gasteiger partial charge >= 0.3 is 5.69 Å². The van der Waals surface area contributed by atoms with Crippen molar-refractivity contribution in [2.45, 2.75) is 187 Å². The summed E-state index contributed by atoms with van der Waals surface area (Å²) in [6.07, 6.45) is -12.1. The summed E-state index contributed by atoms with van der Waals surface area (Å²) in [5.74, 6) is -2.59. The molecule has 0 radical (unpaired) electrons. The van der Waals surface area contributed by atoms with Gasteiger partial charge in [0.2, 0.25) is 11.2 Å². The number of amides is 1. The van der Waals surface area contributed by atoms with Gasteiger partial charge in [-0.05, 0) is 31.5 Å². The van der Waals surface area contributed by atoms with Crippen molar-refractivity contribution in [3.8, 4) is 11.5 Å². The van der Waals surface area contributed by atoms with Gasteiger partial charge in [0.05, 0.1) is 93.8 Å². The van der Waals surface area contributed by atoms with Gasteiger partial charge < -0.3 is 137 Å². The fourth-order valence-corrected chi connectivity index (χ4v) is 14.5. The van der Waals surface area contributed by atoms with Crippen LogP contribution in [0.4, 0.5) is 21.8 Å². The molecule has 16 rings (SSSR count). The van der Waals surface area contributed by atoms with Crippen molar-refractivity contribution < 1.29 is 129 Å². The number of ether oxygens (including phenoxy) is 6. The van der Waals surface area contributed by atoms with Crippen LogP contribution in [0.1, 0.15) is 138 Å². The fourth-order valence-electron chi connectivity index (χ4n) is 14.3. The first kappa shape index (κ1) is 84.7. The molecule has 0 bridgehead atoms. The van der Waals surface area contributed by atoms with Crippen molar-refractivity contribution in [2.24, 2.45) is 10.7 Å². The number of halogens is 2. The van der Waals surface area contributed by atoms with Crippen LogP contribution >= 0.6 is 11.6 Å². The van der Waals surface area contributed by atoms with Crippen molar-refractivity contribution in [1.82, 2.24) is 53.6 Å². The van der Waals surface area contributed by atoms with Gasteiger partial charge in [-0.1, -0.05) is 31.2 Å². The van der Waals surface area contributed by atoms with Gasteiger partial charge in [0.1, 0.15) is 124 Å². The molecule has 12 heterocycles. The molecular formula is C70H84ClFN16O27. The molecule has 1 amide bonds. The van der Waals surface area contributed by atoms with E-state index < -0.39 is 195 Å². The number of rotatable bonds is 13. The zero-order valence-corrected chi connectivity index (χ0v) is 61.8. The van der Waals surface area contributed by atoms with Crippen LogP contribution in [0.3, 0.4) is 0 Å². The van der Waals surface area contributed by atoms with Gasteiger partial charge in [0.25, 0.3) is 5.56 Å². The summed E-state index contributed by atoms with van der Waals surface area (Å²) >= 11 is 5.71. The molecule has 2 aromatic carbocycles. The number of Topliss-reactive ketones (excluding diaryl/α,β-unsaturated/α-hetero) is 1. The smallest absolute Gasteiger partial charge is 0.351 e. The molecule has 22 atom stereocenters. The standard InChI is InChI=1S/C26H27NO9.C12H17N3O6.C11H16N4O4.C11H13N3O5.C10H11ClFN5O3/c1-10-21(29)15(27)7-17(35-10)36-16-9-26(34,11(2)28)8-14-18(16)25(33)20-19(24(14)32)22(30)12-5-3-4-6-13(12)23(20)31;1-2-8(17)13-7-3-4-15(12(20)14-7)11-10(19)9(18)6(5-16)21-11;16-3-8-6(17)1-9(19-8)15-5-14-10-7(18)2-12-4-13-11(10)15;15-2-5-8(16)9(17)10(19-5)4-1-12-7-6(4)13-3-14-11(7)18;11-10-15-7(13)5-8(16-10)17(2-14-5)9-4(12)6(19)3(1-18)20-9/h3-6,10,15-17,21,29,32-34H,7-9,27H2,1-2H3;3-4,6,9-11,16,18-19H,2,5H2,1H3,(H,13,14,17,20);4-9,16-18H,1-3H2,(H,12,13);1,3,5,8-10,12,15-17H,2H2,(H,13,14,18);2-4,6,9,18-19H,1H2,(H2,13,15,16)/t10-,15-,16-,17-,21+,26-;6-,9-,10+,11-;6-,7+,8+,9+;5-,8-,9-,10+;3-,4+,6-,9-/m01011/s1. The summed E-state index contributed by atoms with van der Waals surface area (Å²) in [4.78, 5) is 106. The Morgan fingerprint density at radius 1 is 0.748 bits per heavy atom. The van der Waals surface area contributed by atoms with Crippen LogP contribution < -0.4 is 33.3 Å². The number of phenolic OH excluding ortho intramolecular Hbond substituents is 2. The number of hydrogen-bond acceptors (Lipinski definition) is 37. The van der Waals surface area contributed by atoms with Crippen LogP contribution in [-0.4, -0.2) is 290 Å². The normalized spacial score (nSPS) is 31.0. The number of alkyl halides is 1. The minimum atomic E-state index is -1.97. The summed E-state index contributed by atoms with van der Waals surface area (Å²) in [5.41, 5.74) is 10.0. The van der Waals surface area contributed by atoms with Gasteiger partial charge in [-0.25, -0.2) is 24.1 Å². The lowest BCUT2D eigenvalue weighted by Gasteiger charge is -2.42. The molecular weight excluding hydrogens is 1550 g/mol. The number of imidazole rings is 2. The third kappa shape index (κ3) is 16.6. The van der Waals surface area contributed by atoms with Crippen molar-refractivity contribution in [3.63, 3.8) is 0 Å². The molecule has 115 heavy (non-hydrogen) atoms. The second kappa shape index (κ2) is 35.0. The first-order valence-corrected chi connectivity index (χ1v) is 36.3. The maximum Gasteiger partial charge on any atom is 0.351 e. The zero-order valence-electron chi connectivity index (χ0n) is 61.0. The average molecular weight is 1640 g/mol. The Bertz CT molecular complexity index is 5060. The Labute approximate surface area is 651 Å². The lowest BCUT2D eigenvalue weighted by Crippen LogP contribution is -2.52. The number of phenols is 2. The van der Waals surface area contributed by atoms with E-state index in [2.05, 4.69) is 55.5 Å².